The zero-order chi connectivity index (χ0) is 13.5. The van der Waals surface area contributed by atoms with E-state index in [0.29, 0.717) is 17.5 Å². The largest absolute Gasteiger partial charge is 0.382 e. The van der Waals surface area contributed by atoms with Crippen LogP contribution in [0.4, 0.5) is 5.69 Å². The van der Waals surface area contributed by atoms with E-state index in [1.807, 2.05) is 18.7 Å². The predicted molar refractivity (Wildman–Crippen MR) is 79.9 cm³/mol. The Morgan fingerprint density at radius 2 is 2.33 bits per heavy atom. The smallest absolute Gasteiger partial charge is 0.287 e. The van der Waals surface area contributed by atoms with E-state index in [1.165, 1.54) is 4.68 Å². The van der Waals surface area contributed by atoms with Gasteiger partial charge in [0.15, 0.2) is 0 Å². The molecular formula is C12H20ClN3OS. The number of nitrogens with one attached hydrogen (secondary N) is 1. The second kappa shape index (κ2) is 7.69. The normalized spacial score (nSPS) is 12.4. The molecule has 0 saturated heterocycles. The Bertz CT molecular complexity index is 436. The first kappa shape index (κ1) is 15.4. The van der Waals surface area contributed by atoms with Gasteiger partial charge in [0.1, 0.15) is 5.02 Å². The second-order valence-corrected chi connectivity index (χ2v) is 5.82. The fraction of sp³-hybridized carbons (Fsp3) is 0.667. The summed E-state index contributed by atoms with van der Waals surface area (Å²) in [5.41, 5.74) is 0.406. The van der Waals surface area contributed by atoms with Crippen molar-refractivity contribution in [3.63, 3.8) is 0 Å². The molecule has 0 radical (unpaired) electrons. The molecule has 0 saturated carbocycles. The van der Waals surface area contributed by atoms with Crippen molar-refractivity contribution in [1.82, 2.24) is 9.78 Å². The fourth-order valence-corrected chi connectivity index (χ4v) is 2.05. The van der Waals surface area contributed by atoms with Crippen molar-refractivity contribution in [2.24, 2.45) is 0 Å². The lowest BCUT2D eigenvalue weighted by atomic mass is 10.3. The van der Waals surface area contributed by atoms with Gasteiger partial charge in [-0.1, -0.05) is 25.4 Å². The topological polar surface area (TPSA) is 46.9 Å². The van der Waals surface area contributed by atoms with Crippen molar-refractivity contribution < 1.29 is 0 Å². The van der Waals surface area contributed by atoms with E-state index in [1.54, 1.807) is 6.20 Å². The summed E-state index contributed by atoms with van der Waals surface area (Å²) in [5, 5.41) is 8.09. The van der Waals surface area contributed by atoms with Gasteiger partial charge >= 0.3 is 0 Å². The predicted octanol–water partition coefficient (Wildman–Crippen LogP) is 2.86. The summed E-state index contributed by atoms with van der Waals surface area (Å²) in [6.45, 7) is 5.56. The summed E-state index contributed by atoms with van der Waals surface area (Å²) in [6, 6.07) is 0. The maximum Gasteiger partial charge on any atom is 0.287 e. The molecule has 0 aliphatic rings. The lowest BCUT2D eigenvalue weighted by Crippen LogP contribution is -2.24. The molecule has 4 nitrogen and oxygen atoms in total. The van der Waals surface area contributed by atoms with Gasteiger partial charge in [0.25, 0.3) is 5.56 Å². The number of nitrogens with zero attached hydrogens (tertiary/aromatic N) is 2. The number of anilines is 1. The van der Waals surface area contributed by atoms with Crippen LogP contribution in [0, 0.1) is 0 Å². The molecule has 0 aliphatic carbocycles. The zero-order valence-corrected chi connectivity index (χ0v) is 12.6. The summed E-state index contributed by atoms with van der Waals surface area (Å²) < 4.78 is 1.40. The Balaban J connectivity index is 2.68. The third-order valence-corrected chi connectivity index (χ3v) is 4.09. The standard InChI is InChI=1S/C12H20ClN3OS/c1-4-7-16-12(17)11(13)10(8-15-16)14-6-5-9(2)18-3/h8-9,14H,4-7H2,1-3H3. The van der Waals surface area contributed by atoms with Crippen LogP contribution in [0.15, 0.2) is 11.0 Å². The van der Waals surface area contributed by atoms with E-state index in [-0.39, 0.29) is 10.6 Å². The summed E-state index contributed by atoms with van der Waals surface area (Å²) in [4.78, 5) is 11.9. The van der Waals surface area contributed by atoms with Gasteiger partial charge < -0.3 is 5.32 Å². The van der Waals surface area contributed by atoms with E-state index in [9.17, 15) is 4.79 Å². The number of hydrogen-bond donors (Lipinski definition) is 1. The lowest BCUT2D eigenvalue weighted by Gasteiger charge is -2.11. The molecule has 1 rings (SSSR count). The number of hydrogen-bond acceptors (Lipinski definition) is 4. The molecule has 1 aromatic rings. The summed E-state index contributed by atoms with van der Waals surface area (Å²) in [5.74, 6) is 0. The average Bonchev–Trinajstić information content (AvgIpc) is 2.37. The van der Waals surface area contributed by atoms with Crippen LogP contribution in [0.5, 0.6) is 0 Å². The van der Waals surface area contributed by atoms with Crippen LogP contribution in [-0.2, 0) is 6.54 Å². The number of halogens is 1. The molecule has 1 heterocycles. The molecule has 0 aromatic carbocycles. The van der Waals surface area contributed by atoms with Crippen molar-refractivity contribution >= 4 is 29.1 Å². The van der Waals surface area contributed by atoms with Crippen LogP contribution in [0.2, 0.25) is 5.02 Å². The Morgan fingerprint density at radius 3 is 2.94 bits per heavy atom. The number of rotatable bonds is 7. The quantitative estimate of drug-likeness (QED) is 0.838. The van der Waals surface area contributed by atoms with Crippen LogP contribution in [-0.4, -0.2) is 27.8 Å². The van der Waals surface area contributed by atoms with Crippen molar-refractivity contribution in [3.05, 3.63) is 21.6 Å². The summed E-state index contributed by atoms with van der Waals surface area (Å²) >= 11 is 7.86. The molecule has 0 fully saturated rings. The molecular weight excluding hydrogens is 270 g/mol. The molecule has 1 N–H and O–H groups in total. The third-order valence-electron chi connectivity index (χ3n) is 2.69. The van der Waals surface area contributed by atoms with Crippen molar-refractivity contribution in [1.29, 1.82) is 0 Å². The fourth-order valence-electron chi connectivity index (χ4n) is 1.49. The average molecular weight is 290 g/mol. The Labute approximate surface area is 117 Å². The molecule has 1 atom stereocenters. The first-order valence-corrected chi connectivity index (χ1v) is 7.79. The molecule has 0 bridgehead atoms. The highest BCUT2D eigenvalue weighted by Gasteiger charge is 2.08. The second-order valence-electron chi connectivity index (χ2n) is 4.16. The molecule has 0 aliphatic heterocycles. The highest BCUT2D eigenvalue weighted by atomic mass is 35.5. The third kappa shape index (κ3) is 4.21. The van der Waals surface area contributed by atoms with Crippen molar-refractivity contribution in [2.45, 2.75) is 38.5 Å². The molecule has 6 heteroatoms. The van der Waals surface area contributed by atoms with Gasteiger partial charge in [-0.25, -0.2) is 4.68 Å². The Morgan fingerprint density at radius 1 is 1.61 bits per heavy atom. The van der Waals surface area contributed by atoms with Gasteiger partial charge in [-0.05, 0) is 19.1 Å². The highest BCUT2D eigenvalue weighted by molar-refractivity contribution is 7.99. The summed E-state index contributed by atoms with van der Waals surface area (Å²) in [7, 11) is 0. The lowest BCUT2D eigenvalue weighted by molar-refractivity contribution is 0.568. The maximum atomic E-state index is 11.9. The molecule has 1 aromatic heterocycles. The van der Waals surface area contributed by atoms with Gasteiger partial charge in [-0.3, -0.25) is 4.79 Å². The Hall–Kier alpha value is -0.680. The first-order chi connectivity index (χ1) is 8.60. The molecule has 1 unspecified atom stereocenters. The first-order valence-electron chi connectivity index (χ1n) is 6.12. The van der Waals surface area contributed by atoms with Crippen LogP contribution in [0.1, 0.15) is 26.7 Å². The van der Waals surface area contributed by atoms with E-state index < -0.39 is 0 Å². The number of aryl methyl sites for hydroxylation is 1. The van der Waals surface area contributed by atoms with Gasteiger partial charge in [-0.15, -0.1) is 0 Å². The van der Waals surface area contributed by atoms with E-state index in [2.05, 4.69) is 23.6 Å². The van der Waals surface area contributed by atoms with Crippen molar-refractivity contribution in [3.8, 4) is 0 Å². The molecule has 102 valence electrons. The van der Waals surface area contributed by atoms with E-state index in [4.69, 9.17) is 11.6 Å². The van der Waals surface area contributed by atoms with Crippen LogP contribution < -0.4 is 10.9 Å². The maximum absolute atomic E-state index is 11.9. The minimum Gasteiger partial charge on any atom is -0.382 e. The monoisotopic (exact) mass is 289 g/mol. The van der Waals surface area contributed by atoms with E-state index >= 15 is 0 Å². The SMILES string of the molecule is CCCn1ncc(NCCC(C)SC)c(Cl)c1=O. The van der Waals surface area contributed by atoms with Crippen LogP contribution in [0.3, 0.4) is 0 Å². The van der Waals surface area contributed by atoms with Gasteiger partial charge in [-0.2, -0.15) is 16.9 Å². The van der Waals surface area contributed by atoms with Gasteiger partial charge in [0.2, 0.25) is 0 Å². The van der Waals surface area contributed by atoms with Crippen LogP contribution >= 0.6 is 23.4 Å². The Kier molecular flexibility index (Phi) is 6.57. The molecule has 0 spiro atoms. The summed E-state index contributed by atoms with van der Waals surface area (Å²) in [6.07, 6.45) is 5.60. The van der Waals surface area contributed by atoms with Gasteiger partial charge in [0.05, 0.1) is 11.9 Å². The molecule has 18 heavy (non-hydrogen) atoms. The minimum atomic E-state index is -0.221. The number of thioether (sulfide) groups is 1. The highest BCUT2D eigenvalue weighted by Crippen LogP contribution is 2.16. The van der Waals surface area contributed by atoms with Crippen LogP contribution in [0.25, 0.3) is 0 Å². The van der Waals surface area contributed by atoms with Crippen molar-refractivity contribution in [2.75, 3.05) is 18.1 Å². The minimum absolute atomic E-state index is 0.221. The zero-order valence-electron chi connectivity index (χ0n) is 11.1. The van der Waals surface area contributed by atoms with E-state index in [0.717, 1.165) is 19.4 Å². The molecule has 0 amide bonds. The van der Waals surface area contributed by atoms with Gasteiger partial charge in [0, 0.05) is 18.3 Å². The number of aromatic nitrogens is 2.